The Balaban J connectivity index is 1.97. The molecule has 0 aliphatic rings. The lowest BCUT2D eigenvalue weighted by Gasteiger charge is -2.18. The van der Waals surface area contributed by atoms with Crippen LogP contribution in [-0.2, 0) is 19.5 Å². The van der Waals surface area contributed by atoms with Crippen molar-refractivity contribution in [2.24, 2.45) is 5.84 Å². The van der Waals surface area contributed by atoms with E-state index in [0.29, 0.717) is 0 Å². The molecule has 2 aromatic rings. The molecule has 0 unspecified atom stereocenters. The predicted octanol–water partition coefficient (Wildman–Crippen LogP) is 3.43. The van der Waals surface area contributed by atoms with Gasteiger partial charge in [0.2, 0.25) is 0 Å². The van der Waals surface area contributed by atoms with E-state index in [-0.39, 0.29) is 0 Å². The minimum absolute atomic E-state index is 0.776. The van der Waals surface area contributed by atoms with E-state index in [1.54, 1.807) is 0 Å². The molecular formula is C17H22N2. The van der Waals surface area contributed by atoms with E-state index in [2.05, 4.69) is 62.4 Å². The van der Waals surface area contributed by atoms with Crippen LogP contribution < -0.4 is 5.84 Å². The Morgan fingerprint density at radius 1 is 0.895 bits per heavy atom. The van der Waals surface area contributed by atoms with Crippen molar-refractivity contribution in [3.05, 3.63) is 70.8 Å². The first-order valence-electron chi connectivity index (χ1n) is 6.81. The molecule has 19 heavy (non-hydrogen) atoms. The summed E-state index contributed by atoms with van der Waals surface area (Å²) < 4.78 is 0. The second-order valence-electron chi connectivity index (χ2n) is 5.00. The van der Waals surface area contributed by atoms with Gasteiger partial charge in [0, 0.05) is 13.1 Å². The topological polar surface area (TPSA) is 29.3 Å². The molecule has 0 aromatic heterocycles. The third-order valence-electron chi connectivity index (χ3n) is 3.45. The zero-order chi connectivity index (χ0) is 13.7. The van der Waals surface area contributed by atoms with Gasteiger partial charge in [-0.05, 0) is 35.6 Å². The number of benzene rings is 2. The summed E-state index contributed by atoms with van der Waals surface area (Å²) in [4.78, 5) is 0. The molecule has 0 saturated carbocycles. The van der Waals surface area contributed by atoms with Crippen molar-refractivity contribution in [3.63, 3.8) is 0 Å². The number of hydrogen-bond donors (Lipinski definition) is 1. The van der Waals surface area contributed by atoms with E-state index in [9.17, 15) is 0 Å². The van der Waals surface area contributed by atoms with E-state index < -0.39 is 0 Å². The molecule has 2 aromatic carbocycles. The Hall–Kier alpha value is -1.64. The van der Waals surface area contributed by atoms with Crippen molar-refractivity contribution in [2.45, 2.75) is 33.4 Å². The maximum absolute atomic E-state index is 6.11. The summed E-state index contributed by atoms with van der Waals surface area (Å²) in [5.74, 6) is 6.11. The highest BCUT2D eigenvalue weighted by Gasteiger charge is 2.04. The van der Waals surface area contributed by atoms with Crippen LogP contribution in [0.1, 0.15) is 29.2 Å². The summed E-state index contributed by atoms with van der Waals surface area (Å²) in [7, 11) is 0. The molecule has 0 aliphatic heterocycles. The third-order valence-corrected chi connectivity index (χ3v) is 3.45. The lowest BCUT2D eigenvalue weighted by Crippen LogP contribution is -2.30. The van der Waals surface area contributed by atoms with Crippen molar-refractivity contribution >= 4 is 0 Å². The molecule has 2 heteroatoms. The summed E-state index contributed by atoms with van der Waals surface area (Å²) in [6, 6.07) is 17.1. The molecule has 0 radical (unpaired) electrons. The molecule has 0 amide bonds. The van der Waals surface area contributed by atoms with E-state index in [1.807, 2.05) is 5.01 Å². The Labute approximate surface area is 115 Å². The van der Waals surface area contributed by atoms with Crippen LogP contribution in [0.2, 0.25) is 0 Å². The van der Waals surface area contributed by atoms with Crippen molar-refractivity contribution in [1.29, 1.82) is 0 Å². The highest BCUT2D eigenvalue weighted by Crippen LogP contribution is 2.11. The largest absolute Gasteiger partial charge is 0.268 e. The first-order valence-corrected chi connectivity index (χ1v) is 6.81. The molecule has 0 aliphatic carbocycles. The van der Waals surface area contributed by atoms with Gasteiger partial charge >= 0.3 is 0 Å². The van der Waals surface area contributed by atoms with Crippen molar-refractivity contribution in [2.75, 3.05) is 0 Å². The maximum Gasteiger partial charge on any atom is 0.0385 e. The summed E-state index contributed by atoms with van der Waals surface area (Å²) in [6.07, 6.45) is 1.08. The van der Waals surface area contributed by atoms with E-state index in [0.717, 1.165) is 19.5 Å². The fourth-order valence-electron chi connectivity index (χ4n) is 2.18. The van der Waals surface area contributed by atoms with Gasteiger partial charge in [-0.25, -0.2) is 5.01 Å². The number of hydrogen-bond acceptors (Lipinski definition) is 2. The monoisotopic (exact) mass is 254 g/mol. The minimum atomic E-state index is 0.776. The smallest absolute Gasteiger partial charge is 0.0385 e. The lowest BCUT2D eigenvalue weighted by molar-refractivity contribution is 0.265. The number of aryl methyl sites for hydroxylation is 2. The lowest BCUT2D eigenvalue weighted by atomic mass is 10.1. The van der Waals surface area contributed by atoms with Crippen LogP contribution in [0, 0.1) is 6.92 Å². The molecule has 2 N–H and O–H groups in total. The first-order chi connectivity index (χ1) is 9.19. The summed E-state index contributed by atoms with van der Waals surface area (Å²) in [6.45, 7) is 5.85. The predicted molar refractivity (Wildman–Crippen MR) is 80.4 cm³/mol. The quantitative estimate of drug-likeness (QED) is 0.654. The van der Waals surface area contributed by atoms with Gasteiger partial charge in [0.1, 0.15) is 0 Å². The number of nitrogens with two attached hydrogens (primary N) is 1. The average molecular weight is 254 g/mol. The van der Waals surface area contributed by atoms with Gasteiger partial charge in [-0.3, -0.25) is 5.84 Å². The van der Waals surface area contributed by atoms with Crippen LogP contribution in [-0.4, -0.2) is 5.01 Å². The Kier molecular flexibility index (Phi) is 4.72. The molecule has 100 valence electrons. The van der Waals surface area contributed by atoms with Gasteiger partial charge in [-0.2, -0.15) is 0 Å². The van der Waals surface area contributed by atoms with Crippen molar-refractivity contribution in [3.8, 4) is 0 Å². The second-order valence-corrected chi connectivity index (χ2v) is 5.00. The first kappa shape index (κ1) is 13.8. The number of rotatable bonds is 5. The SMILES string of the molecule is CCc1ccc(CN(N)Cc2ccccc2C)cc1. The summed E-state index contributed by atoms with van der Waals surface area (Å²) in [5, 5.41) is 1.86. The van der Waals surface area contributed by atoms with Crippen LogP contribution in [0.5, 0.6) is 0 Å². The van der Waals surface area contributed by atoms with Gasteiger partial charge in [-0.15, -0.1) is 0 Å². The minimum Gasteiger partial charge on any atom is -0.268 e. The van der Waals surface area contributed by atoms with Gasteiger partial charge in [0.15, 0.2) is 0 Å². The molecule has 2 nitrogen and oxygen atoms in total. The van der Waals surface area contributed by atoms with Gasteiger partial charge in [0.25, 0.3) is 0 Å². The van der Waals surface area contributed by atoms with Crippen LogP contribution in [0.25, 0.3) is 0 Å². The van der Waals surface area contributed by atoms with Crippen LogP contribution in [0.4, 0.5) is 0 Å². The summed E-state index contributed by atoms with van der Waals surface area (Å²) >= 11 is 0. The highest BCUT2D eigenvalue weighted by molar-refractivity contribution is 5.26. The fraction of sp³-hybridized carbons (Fsp3) is 0.294. The van der Waals surface area contributed by atoms with Gasteiger partial charge < -0.3 is 0 Å². The van der Waals surface area contributed by atoms with Gasteiger partial charge in [0.05, 0.1) is 0 Å². The standard InChI is InChI=1S/C17H22N2/c1-3-15-8-10-16(11-9-15)12-19(18)13-17-7-5-4-6-14(17)2/h4-11H,3,12-13,18H2,1-2H3. The highest BCUT2D eigenvalue weighted by atomic mass is 15.4. The van der Waals surface area contributed by atoms with Crippen LogP contribution in [0.15, 0.2) is 48.5 Å². The molecule has 0 saturated heterocycles. The zero-order valence-electron chi connectivity index (χ0n) is 11.8. The molecule has 0 heterocycles. The van der Waals surface area contributed by atoms with E-state index >= 15 is 0 Å². The number of hydrazine groups is 1. The average Bonchev–Trinajstić information content (AvgIpc) is 2.42. The molecule has 0 spiro atoms. The Morgan fingerprint density at radius 3 is 2.16 bits per heavy atom. The maximum atomic E-state index is 6.11. The van der Waals surface area contributed by atoms with E-state index in [4.69, 9.17) is 5.84 Å². The van der Waals surface area contributed by atoms with Crippen LogP contribution >= 0.6 is 0 Å². The zero-order valence-corrected chi connectivity index (χ0v) is 11.8. The van der Waals surface area contributed by atoms with Crippen molar-refractivity contribution in [1.82, 2.24) is 5.01 Å². The third kappa shape index (κ3) is 3.91. The second kappa shape index (κ2) is 6.50. The Bertz CT molecular complexity index is 517. The summed E-state index contributed by atoms with van der Waals surface area (Å²) in [5.41, 5.74) is 5.20. The van der Waals surface area contributed by atoms with Gasteiger partial charge in [-0.1, -0.05) is 55.5 Å². The molecule has 0 bridgehead atoms. The van der Waals surface area contributed by atoms with E-state index in [1.165, 1.54) is 22.3 Å². The fourth-order valence-corrected chi connectivity index (χ4v) is 2.18. The molecule has 0 fully saturated rings. The molecule has 2 rings (SSSR count). The molecule has 0 atom stereocenters. The van der Waals surface area contributed by atoms with Crippen LogP contribution in [0.3, 0.4) is 0 Å². The Morgan fingerprint density at radius 2 is 1.53 bits per heavy atom. The number of nitrogens with zero attached hydrogens (tertiary/aromatic N) is 1. The van der Waals surface area contributed by atoms with Crippen molar-refractivity contribution < 1.29 is 0 Å². The normalized spacial score (nSPS) is 10.9. The molecular weight excluding hydrogens is 232 g/mol.